The predicted molar refractivity (Wildman–Crippen MR) is 110 cm³/mol. The smallest absolute Gasteiger partial charge is 0.257 e. The highest BCUT2D eigenvalue weighted by molar-refractivity contribution is 5.90. The summed E-state index contributed by atoms with van der Waals surface area (Å²) in [6, 6.07) is 21.0. The molecule has 0 unspecified atom stereocenters. The fraction of sp³-hybridized carbons (Fsp3) is 0.182. The third kappa shape index (κ3) is 4.79. The van der Waals surface area contributed by atoms with Crippen molar-refractivity contribution in [1.82, 2.24) is 10.9 Å². The molecule has 0 aliphatic carbocycles. The standard InChI is InChI=1S/C22H23N3O3/c1-15(16-8-9-18-13-20(28-2)11-10-17(18)12-16)22(27)25-24-21(26)14-23-19-6-4-3-5-7-19/h3-13,15,23H,14H2,1-2H3,(H,24,26)(H,25,27)/t15-/m1/s1. The Labute approximate surface area is 163 Å². The van der Waals surface area contributed by atoms with Crippen molar-refractivity contribution in [3.63, 3.8) is 0 Å². The van der Waals surface area contributed by atoms with Crippen molar-refractivity contribution >= 4 is 28.3 Å². The van der Waals surface area contributed by atoms with Crippen molar-refractivity contribution in [2.24, 2.45) is 0 Å². The van der Waals surface area contributed by atoms with Gasteiger partial charge < -0.3 is 10.1 Å². The van der Waals surface area contributed by atoms with Crippen LogP contribution >= 0.6 is 0 Å². The summed E-state index contributed by atoms with van der Waals surface area (Å²) in [7, 11) is 1.63. The van der Waals surface area contributed by atoms with Crippen molar-refractivity contribution in [1.29, 1.82) is 0 Å². The number of amides is 2. The van der Waals surface area contributed by atoms with Gasteiger partial charge in [-0.05, 0) is 47.5 Å². The lowest BCUT2D eigenvalue weighted by atomic mass is 9.97. The predicted octanol–water partition coefficient (Wildman–Crippen LogP) is 3.21. The van der Waals surface area contributed by atoms with Crippen LogP contribution in [0.1, 0.15) is 18.4 Å². The van der Waals surface area contributed by atoms with E-state index in [9.17, 15) is 9.59 Å². The molecule has 144 valence electrons. The van der Waals surface area contributed by atoms with Crippen LogP contribution in [0.25, 0.3) is 10.8 Å². The number of ether oxygens (including phenoxy) is 1. The van der Waals surface area contributed by atoms with Crippen LogP contribution in [0, 0.1) is 0 Å². The highest BCUT2D eigenvalue weighted by Crippen LogP contribution is 2.25. The Hall–Kier alpha value is -3.54. The molecule has 6 heteroatoms. The molecule has 3 aromatic rings. The monoisotopic (exact) mass is 377 g/mol. The Balaban J connectivity index is 1.55. The van der Waals surface area contributed by atoms with Gasteiger partial charge in [0.25, 0.3) is 5.91 Å². The number of rotatable bonds is 6. The number of carbonyl (C=O) groups is 2. The van der Waals surface area contributed by atoms with Crippen LogP contribution in [0.15, 0.2) is 66.7 Å². The fourth-order valence-corrected chi connectivity index (χ4v) is 2.81. The van der Waals surface area contributed by atoms with Crippen molar-refractivity contribution in [3.8, 4) is 5.75 Å². The number of anilines is 1. The summed E-state index contributed by atoms with van der Waals surface area (Å²) in [4.78, 5) is 24.3. The molecule has 0 saturated heterocycles. The molecular weight excluding hydrogens is 354 g/mol. The van der Waals surface area contributed by atoms with Gasteiger partial charge in [-0.25, -0.2) is 0 Å². The molecule has 3 N–H and O–H groups in total. The molecule has 2 amide bonds. The van der Waals surface area contributed by atoms with Crippen molar-refractivity contribution < 1.29 is 14.3 Å². The number of hydrogen-bond donors (Lipinski definition) is 3. The largest absolute Gasteiger partial charge is 0.497 e. The molecule has 0 radical (unpaired) electrons. The zero-order valence-corrected chi connectivity index (χ0v) is 15.9. The van der Waals surface area contributed by atoms with E-state index in [2.05, 4.69) is 16.2 Å². The lowest BCUT2D eigenvalue weighted by Crippen LogP contribution is -2.45. The lowest BCUT2D eigenvalue weighted by Gasteiger charge is -2.14. The van der Waals surface area contributed by atoms with Crippen molar-refractivity contribution in [2.75, 3.05) is 19.0 Å². The van der Waals surface area contributed by atoms with Crippen LogP contribution in [0.2, 0.25) is 0 Å². The van der Waals surface area contributed by atoms with Gasteiger partial charge in [0, 0.05) is 5.69 Å². The van der Waals surface area contributed by atoms with Gasteiger partial charge >= 0.3 is 0 Å². The van der Waals surface area contributed by atoms with E-state index < -0.39 is 5.92 Å². The second kappa shape index (κ2) is 8.90. The van der Waals surface area contributed by atoms with Gasteiger partial charge in [0.15, 0.2) is 0 Å². The maximum atomic E-state index is 12.4. The molecule has 0 saturated carbocycles. The van der Waals surface area contributed by atoms with E-state index in [1.165, 1.54) is 0 Å². The molecular formula is C22H23N3O3. The van der Waals surface area contributed by atoms with Crippen molar-refractivity contribution in [2.45, 2.75) is 12.8 Å². The third-order valence-corrected chi connectivity index (χ3v) is 4.52. The summed E-state index contributed by atoms with van der Waals surface area (Å²) in [6.07, 6.45) is 0. The first kappa shape index (κ1) is 19.2. The molecule has 0 bridgehead atoms. The summed E-state index contributed by atoms with van der Waals surface area (Å²) in [5.41, 5.74) is 6.63. The van der Waals surface area contributed by atoms with Crippen molar-refractivity contribution in [3.05, 3.63) is 72.3 Å². The first-order chi connectivity index (χ1) is 13.6. The molecule has 0 aliphatic heterocycles. The molecule has 0 fully saturated rings. The van der Waals surface area contributed by atoms with Gasteiger partial charge in [-0.15, -0.1) is 0 Å². The molecule has 3 aromatic carbocycles. The minimum absolute atomic E-state index is 0.0660. The fourth-order valence-electron chi connectivity index (χ4n) is 2.81. The van der Waals surface area contributed by atoms with Crippen LogP contribution in [0.3, 0.4) is 0 Å². The van der Waals surface area contributed by atoms with E-state index in [4.69, 9.17) is 4.74 Å². The van der Waals surface area contributed by atoms with E-state index in [1.807, 2.05) is 66.7 Å². The molecule has 1 atom stereocenters. The average molecular weight is 377 g/mol. The minimum atomic E-state index is -0.408. The van der Waals surface area contributed by atoms with Gasteiger partial charge in [0.2, 0.25) is 5.91 Å². The van der Waals surface area contributed by atoms with Gasteiger partial charge in [-0.2, -0.15) is 0 Å². The van der Waals surface area contributed by atoms with Gasteiger partial charge in [0.1, 0.15) is 5.75 Å². The summed E-state index contributed by atoms with van der Waals surface area (Å²) in [6.45, 7) is 1.87. The Bertz CT molecular complexity index is 973. The number of para-hydroxylation sites is 1. The topological polar surface area (TPSA) is 79.5 Å². The Kier molecular flexibility index (Phi) is 6.11. The highest BCUT2D eigenvalue weighted by Gasteiger charge is 2.16. The Morgan fingerprint density at radius 3 is 2.39 bits per heavy atom. The summed E-state index contributed by atoms with van der Waals surface area (Å²) < 4.78 is 5.23. The Morgan fingerprint density at radius 1 is 0.929 bits per heavy atom. The number of hydrogen-bond acceptors (Lipinski definition) is 4. The maximum absolute atomic E-state index is 12.4. The zero-order chi connectivity index (χ0) is 19.9. The lowest BCUT2D eigenvalue weighted by molar-refractivity contribution is -0.128. The quantitative estimate of drug-likeness (QED) is 0.577. The second-order valence-corrected chi connectivity index (χ2v) is 6.45. The molecule has 3 rings (SSSR count). The highest BCUT2D eigenvalue weighted by atomic mass is 16.5. The van der Waals surface area contributed by atoms with E-state index in [1.54, 1.807) is 14.0 Å². The normalized spacial score (nSPS) is 11.5. The number of fused-ring (bicyclic) bond motifs is 1. The summed E-state index contributed by atoms with van der Waals surface area (Å²) >= 11 is 0. The van der Waals surface area contributed by atoms with E-state index >= 15 is 0 Å². The minimum Gasteiger partial charge on any atom is -0.497 e. The van der Waals surface area contributed by atoms with Gasteiger partial charge in [0.05, 0.1) is 19.6 Å². The molecule has 0 spiro atoms. The average Bonchev–Trinajstić information content (AvgIpc) is 2.75. The number of hydrazine groups is 1. The van der Waals surface area contributed by atoms with Crippen LogP contribution in [-0.4, -0.2) is 25.5 Å². The maximum Gasteiger partial charge on any atom is 0.257 e. The molecule has 0 aliphatic rings. The third-order valence-electron chi connectivity index (χ3n) is 4.52. The second-order valence-electron chi connectivity index (χ2n) is 6.45. The number of methoxy groups -OCH3 is 1. The van der Waals surface area contributed by atoms with Crippen LogP contribution in [0.4, 0.5) is 5.69 Å². The molecule has 0 aromatic heterocycles. The van der Waals surface area contributed by atoms with E-state index in [0.717, 1.165) is 27.8 Å². The summed E-state index contributed by atoms with van der Waals surface area (Å²) in [5.74, 6) is -0.220. The zero-order valence-electron chi connectivity index (χ0n) is 15.9. The van der Waals surface area contributed by atoms with Gasteiger partial charge in [-0.1, -0.05) is 42.5 Å². The first-order valence-electron chi connectivity index (χ1n) is 9.02. The Morgan fingerprint density at radius 2 is 1.64 bits per heavy atom. The van der Waals surface area contributed by atoms with Crippen LogP contribution in [0.5, 0.6) is 5.75 Å². The van der Waals surface area contributed by atoms with Crippen LogP contribution in [-0.2, 0) is 9.59 Å². The van der Waals surface area contributed by atoms with E-state index in [-0.39, 0.29) is 18.4 Å². The molecule has 28 heavy (non-hydrogen) atoms. The number of benzene rings is 3. The van der Waals surface area contributed by atoms with Crippen LogP contribution < -0.4 is 20.9 Å². The van der Waals surface area contributed by atoms with Gasteiger partial charge in [-0.3, -0.25) is 20.4 Å². The molecule has 6 nitrogen and oxygen atoms in total. The van der Waals surface area contributed by atoms with E-state index in [0.29, 0.717) is 0 Å². The first-order valence-corrected chi connectivity index (χ1v) is 9.02. The SMILES string of the molecule is COc1ccc2cc([C@@H](C)C(=O)NNC(=O)CNc3ccccc3)ccc2c1. The number of nitrogens with one attached hydrogen (secondary N) is 3. The summed E-state index contributed by atoms with van der Waals surface area (Å²) in [5, 5.41) is 5.05. The number of carbonyl (C=O) groups excluding carboxylic acids is 2. The molecule has 0 heterocycles.